The lowest BCUT2D eigenvalue weighted by molar-refractivity contribution is -0.132. The number of ether oxygens (including phenoxy) is 4. The van der Waals surface area contributed by atoms with Crippen LogP contribution in [-0.2, 0) is 9.59 Å². The van der Waals surface area contributed by atoms with E-state index in [0.717, 1.165) is 30.6 Å². The SMILES string of the molecule is CCCCCOc1ccc(C2C(=C(O)c3ccc4c(c3)OCCO4)C(=O)C(=O)N2c2nc3ccc(F)cc3s2)cc1OC. The van der Waals surface area contributed by atoms with Gasteiger partial charge in [0.2, 0.25) is 0 Å². The molecular formula is C32H29FN2O7S. The van der Waals surface area contributed by atoms with E-state index in [2.05, 4.69) is 11.9 Å². The summed E-state index contributed by atoms with van der Waals surface area (Å²) in [6.45, 7) is 3.36. The van der Waals surface area contributed by atoms with Crippen LogP contribution >= 0.6 is 11.3 Å². The molecule has 0 saturated carbocycles. The van der Waals surface area contributed by atoms with Crippen LogP contribution in [0.4, 0.5) is 9.52 Å². The monoisotopic (exact) mass is 604 g/mol. The van der Waals surface area contributed by atoms with Crippen LogP contribution in [0.3, 0.4) is 0 Å². The zero-order valence-corrected chi connectivity index (χ0v) is 24.4. The maximum Gasteiger partial charge on any atom is 0.301 e. The summed E-state index contributed by atoms with van der Waals surface area (Å²) >= 11 is 1.07. The van der Waals surface area contributed by atoms with Gasteiger partial charge in [-0.3, -0.25) is 14.5 Å². The van der Waals surface area contributed by atoms with Gasteiger partial charge in [0.05, 0.1) is 35.5 Å². The fraction of sp³-hybridized carbons (Fsp3) is 0.281. The molecule has 2 aliphatic rings. The molecule has 222 valence electrons. The summed E-state index contributed by atoms with van der Waals surface area (Å²) in [7, 11) is 1.51. The van der Waals surface area contributed by atoms with Crippen molar-refractivity contribution >= 4 is 44.1 Å². The number of benzene rings is 3. The van der Waals surface area contributed by atoms with Gasteiger partial charge in [0.1, 0.15) is 24.8 Å². The number of amides is 1. The Morgan fingerprint density at radius 1 is 1.05 bits per heavy atom. The number of aromatic nitrogens is 1. The minimum absolute atomic E-state index is 0.134. The molecule has 1 unspecified atom stereocenters. The van der Waals surface area contributed by atoms with E-state index in [-0.39, 0.29) is 22.0 Å². The zero-order chi connectivity index (χ0) is 30.1. The largest absolute Gasteiger partial charge is 0.507 e. The van der Waals surface area contributed by atoms with E-state index < -0.39 is 23.5 Å². The maximum absolute atomic E-state index is 14.0. The summed E-state index contributed by atoms with van der Waals surface area (Å²) in [5.74, 6) is -0.731. The predicted molar refractivity (Wildman–Crippen MR) is 160 cm³/mol. The molecule has 1 saturated heterocycles. The van der Waals surface area contributed by atoms with E-state index in [1.54, 1.807) is 36.4 Å². The van der Waals surface area contributed by atoms with Gasteiger partial charge in [0, 0.05) is 5.56 Å². The lowest BCUT2D eigenvalue weighted by Gasteiger charge is -2.24. The van der Waals surface area contributed by atoms with Crippen LogP contribution in [0, 0.1) is 5.82 Å². The number of aliphatic hydroxyl groups excluding tert-OH is 1. The van der Waals surface area contributed by atoms with Gasteiger partial charge in [0.25, 0.3) is 5.78 Å². The number of Topliss-reactive ketones (excluding diaryl/α,β-unsaturated/α-hetero) is 1. The molecule has 3 aromatic carbocycles. The minimum Gasteiger partial charge on any atom is -0.507 e. The van der Waals surface area contributed by atoms with Crippen molar-refractivity contribution in [2.24, 2.45) is 0 Å². The van der Waals surface area contributed by atoms with Crippen molar-refractivity contribution in [3.05, 3.63) is 77.1 Å². The summed E-state index contributed by atoms with van der Waals surface area (Å²) in [6, 6.07) is 13.0. The molecule has 0 bridgehead atoms. The number of anilines is 1. The molecule has 4 aromatic rings. The molecule has 6 rings (SSSR count). The third-order valence-corrected chi connectivity index (χ3v) is 8.33. The van der Waals surface area contributed by atoms with Crippen LogP contribution in [0.2, 0.25) is 0 Å². The molecule has 0 aliphatic carbocycles. The lowest BCUT2D eigenvalue weighted by atomic mass is 9.95. The Morgan fingerprint density at radius 3 is 2.65 bits per heavy atom. The van der Waals surface area contributed by atoms with Gasteiger partial charge in [0.15, 0.2) is 28.1 Å². The molecule has 0 radical (unpaired) electrons. The fourth-order valence-corrected chi connectivity index (χ4v) is 6.21. The van der Waals surface area contributed by atoms with E-state index >= 15 is 0 Å². The van der Waals surface area contributed by atoms with Crippen molar-refractivity contribution < 1.29 is 38.0 Å². The number of methoxy groups -OCH3 is 1. The molecule has 9 nitrogen and oxygen atoms in total. The van der Waals surface area contributed by atoms with Gasteiger partial charge >= 0.3 is 5.91 Å². The van der Waals surface area contributed by atoms with Gasteiger partial charge in [-0.15, -0.1) is 0 Å². The van der Waals surface area contributed by atoms with Gasteiger partial charge in [-0.05, 0) is 60.5 Å². The number of ketones is 1. The summed E-state index contributed by atoms with van der Waals surface area (Å²) in [6.07, 6.45) is 2.97. The predicted octanol–water partition coefficient (Wildman–Crippen LogP) is 6.41. The van der Waals surface area contributed by atoms with Crippen molar-refractivity contribution in [1.82, 2.24) is 4.98 Å². The van der Waals surface area contributed by atoms with Crippen LogP contribution in [0.15, 0.2) is 60.2 Å². The molecule has 43 heavy (non-hydrogen) atoms. The molecule has 11 heteroatoms. The molecule has 1 atom stereocenters. The third kappa shape index (κ3) is 5.36. The zero-order valence-electron chi connectivity index (χ0n) is 23.6. The summed E-state index contributed by atoms with van der Waals surface area (Å²) in [5, 5.41) is 11.8. The van der Waals surface area contributed by atoms with Gasteiger partial charge in [-0.2, -0.15) is 0 Å². The average Bonchev–Trinajstić information content (AvgIpc) is 3.55. The summed E-state index contributed by atoms with van der Waals surface area (Å²) in [5.41, 5.74) is 1.11. The molecule has 1 aromatic heterocycles. The average molecular weight is 605 g/mol. The number of rotatable bonds is 9. The maximum atomic E-state index is 14.0. The minimum atomic E-state index is -1.07. The van der Waals surface area contributed by atoms with Crippen LogP contribution < -0.4 is 23.8 Å². The number of aliphatic hydroxyl groups is 1. The highest BCUT2D eigenvalue weighted by Gasteiger charge is 2.48. The normalized spacial score (nSPS) is 17.5. The Morgan fingerprint density at radius 2 is 1.86 bits per heavy atom. The smallest absolute Gasteiger partial charge is 0.301 e. The molecule has 1 N–H and O–H groups in total. The Labute approximate surface area is 251 Å². The Kier molecular flexibility index (Phi) is 7.90. The number of nitrogens with zero attached hydrogens (tertiary/aromatic N) is 2. The number of thiazole rings is 1. The second kappa shape index (κ2) is 11.9. The number of hydrogen-bond donors (Lipinski definition) is 1. The van der Waals surface area contributed by atoms with Crippen LogP contribution in [-0.4, -0.2) is 48.7 Å². The Bertz CT molecular complexity index is 1750. The van der Waals surface area contributed by atoms with Gasteiger partial charge < -0.3 is 24.1 Å². The Balaban J connectivity index is 1.48. The first-order valence-electron chi connectivity index (χ1n) is 14.0. The third-order valence-electron chi connectivity index (χ3n) is 7.31. The molecular weight excluding hydrogens is 575 g/mol. The quantitative estimate of drug-likeness (QED) is 0.101. The molecule has 1 fully saturated rings. The number of hydrogen-bond acceptors (Lipinski definition) is 9. The summed E-state index contributed by atoms with van der Waals surface area (Å²) < 4.78 is 37.3. The van der Waals surface area contributed by atoms with Crippen molar-refractivity contribution in [1.29, 1.82) is 0 Å². The second-order valence-corrected chi connectivity index (χ2v) is 11.1. The highest BCUT2D eigenvalue weighted by atomic mass is 32.1. The van der Waals surface area contributed by atoms with E-state index in [4.69, 9.17) is 18.9 Å². The number of carbonyl (C=O) groups is 2. The lowest BCUT2D eigenvalue weighted by Crippen LogP contribution is -2.29. The first-order valence-corrected chi connectivity index (χ1v) is 14.8. The topological polar surface area (TPSA) is 107 Å². The number of carbonyl (C=O) groups excluding carboxylic acids is 2. The molecule has 2 aliphatic heterocycles. The molecule has 1 amide bonds. The molecule has 0 spiro atoms. The van der Waals surface area contributed by atoms with Crippen LogP contribution in [0.1, 0.15) is 43.4 Å². The van der Waals surface area contributed by atoms with E-state index in [1.165, 1.54) is 30.2 Å². The van der Waals surface area contributed by atoms with Crippen LogP contribution in [0.5, 0.6) is 23.0 Å². The fourth-order valence-electron chi connectivity index (χ4n) is 5.19. The van der Waals surface area contributed by atoms with E-state index in [1.807, 2.05) is 0 Å². The van der Waals surface area contributed by atoms with Crippen molar-refractivity contribution in [2.75, 3.05) is 31.8 Å². The van der Waals surface area contributed by atoms with E-state index in [9.17, 15) is 19.1 Å². The van der Waals surface area contributed by atoms with Crippen LogP contribution in [0.25, 0.3) is 16.0 Å². The van der Waals surface area contributed by atoms with E-state index in [0.29, 0.717) is 58.6 Å². The first kappa shape index (κ1) is 28.5. The van der Waals surface area contributed by atoms with Crippen molar-refractivity contribution in [3.8, 4) is 23.0 Å². The highest BCUT2D eigenvalue weighted by Crippen LogP contribution is 2.46. The number of fused-ring (bicyclic) bond motifs is 2. The molecule has 3 heterocycles. The number of halogens is 1. The van der Waals surface area contributed by atoms with Gasteiger partial charge in [-0.25, -0.2) is 9.37 Å². The standard InChI is InChI=1S/C32H29FN2O7S/c1-3-4-5-12-40-22-10-6-18(15-24(22)39-2)28-27(29(36)19-7-11-23-25(16-19)42-14-13-41-23)30(37)31(38)35(28)32-34-21-9-8-20(33)17-26(21)43-32/h6-11,15-17,28,36H,3-5,12-14H2,1-2H3. The van der Waals surface area contributed by atoms with Gasteiger partial charge in [-0.1, -0.05) is 37.2 Å². The first-order chi connectivity index (χ1) is 20.9. The van der Waals surface area contributed by atoms with Crippen molar-refractivity contribution in [2.45, 2.75) is 32.2 Å². The second-order valence-electron chi connectivity index (χ2n) is 10.1. The number of unbranched alkanes of at least 4 members (excludes halogenated alkanes) is 2. The van der Waals surface area contributed by atoms with Crippen molar-refractivity contribution in [3.63, 3.8) is 0 Å². The Hall–Kier alpha value is -4.64. The highest BCUT2D eigenvalue weighted by molar-refractivity contribution is 7.22. The summed E-state index contributed by atoms with van der Waals surface area (Å²) in [4.78, 5) is 33.1.